The van der Waals surface area contributed by atoms with E-state index < -0.39 is 0 Å². The lowest BCUT2D eigenvalue weighted by Crippen LogP contribution is -2.33. The maximum absolute atomic E-state index is 12.6. The van der Waals surface area contributed by atoms with Gasteiger partial charge in [0.2, 0.25) is 11.8 Å². The molecule has 1 saturated heterocycles. The lowest BCUT2D eigenvalue weighted by Gasteiger charge is -2.24. The highest BCUT2D eigenvalue weighted by Crippen LogP contribution is 2.35. The van der Waals surface area contributed by atoms with Gasteiger partial charge in [0.15, 0.2) is 0 Å². The molecule has 11 heteroatoms. The maximum Gasteiger partial charge on any atom is 0.233 e. The molecule has 1 unspecified atom stereocenters. The molecule has 2 heterocycles. The van der Waals surface area contributed by atoms with E-state index in [9.17, 15) is 9.59 Å². The Hall–Kier alpha value is -1.92. The molecule has 0 radical (unpaired) electrons. The summed E-state index contributed by atoms with van der Waals surface area (Å²) in [6.07, 6.45) is 3.03. The van der Waals surface area contributed by atoms with Crippen LogP contribution in [0, 0.1) is 16.7 Å². The Morgan fingerprint density at radius 2 is 1.29 bits per heavy atom. The number of carbonyl (C=O) groups is 2. The fourth-order valence-electron chi connectivity index (χ4n) is 3.73. The van der Waals surface area contributed by atoms with Crippen molar-refractivity contribution in [3.8, 4) is 0 Å². The molecule has 0 bridgehead atoms. The van der Waals surface area contributed by atoms with E-state index in [4.69, 9.17) is 23.7 Å². The molecule has 2 amide bonds. The van der Waals surface area contributed by atoms with Gasteiger partial charge in [-0.1, -0.05) is 46.8 Å². The second-order valence-electron chi connectivity index (χ2n) is 11.8. The number of rotatable bonds is 19. The minimum atomic E-state index is -0.292. The van der Waals surface area contributed by atoms with Crippen LogP contribution in [0.5, 0.6) is 0 Å². The van der Waals surface area contributed by atoms with Crippen LogP contribution in [0.1, 0.15) is 60.1 Å². The number of amides is 2. The van der Waals surface area contributed by atoms with Crippen molar-refractivity contribution in [2.75, 3.05) is 66.1 Å². The van der Waals surface area contributed by atoms with E-state index in [2.05, 4.69) is 31.1 Å². The minimum absolute atomic E-state index is 0.133. The van der Waals surface area contributed by atoms with Gasteiger partial charge in [-0.2, -0.15) is 0 Å². The Morgan fingerprint density at radius 1 is 0.789 bits per heavy atom. The minimum Gasteiger partial charge on any atom is -0.379 e. The fourth-order valence-corrected chi connectivity index (χ4v) is 3.73. The summed E-state index contributed by atoms with van der Waals surface area (Å²) in [5, 5.41) is 8.16. The molecule has 1 fully saturated rings. The summed E-state index contributed by atoms with van der Waals surface area (Å²) in [5.74, 6) is -0.578. The second-order valence-corrected chi connectivity index (χ2v) is 11.8. The Bertz CT molecular complexity index is 832. The molecule has 1 aromatic rings. The number of likely N-dealkylation sites (tertiary alicyclic amines) is 1. The van der Waals surface area contributed by atoms with E-state index in [0.717, 1.165) is 13.0 Å². The summed E-state index contributed by atoms with van der Waals surface area (Å²) < 4.78 is 29.2. The molecule has 1 aliphatic heterocycles. The first-order valence-electron chi connectivity index (χ1n) is 13.6. The molecule has 11 nitrogen and oxygen atoms in total. The van der Waals surface area contributed by atoms with Crippen LogP contribution in [0.15, 0.2) is 6.20 Å². The maximum atomic E-state index is 12.6. The van der Waals surface area contributed by atoms with Crippen LogP contribution < -0.4 is 0 Å². The summed E-state index contributed by atoms with van der Waals surface area (Å²) in [6, 6.07) is 0. The first kappa shape index (κ1) is 32.3. The molecule has 1 aliphatic rings. The van der Waals surface area contributed by atoms with Crippen LogP contribution in [0.3, 0.4) is 0 Å². The van der Waals surface area contributed by atoms with Gasteiger partial charge in [-0.05, 0) is 17.3 Å². The molecular formula is C27H48N4O7. The van der Waals surface area contributed by atoms with Gasteiger partial charge in [-0.3, -0.25) is 14.5 Å². The third kappa shape index (κ3) is 12.8. The lowest BCUT2D eigenvalue weighted by molar-refractivity contribution is -0.141. The molecule has 218 valence electrons. The Morgan fingerprint density at radius 3 is 1.76 bits per heavy atom. The Kier molecular flexibility index (Phi) is 13.8. The highest BCUT2D eigenvalue weighted by atomic mass is 16.6. The number of imide groups is 1. The molecule has 38 heavy (non-hydrogen) atoms. The molecule has 2 rings (SSSR count). The van der Waals surface area contributed by atoms with Gasteiger partial charge in [-0.15, -0.1) is 5.10 Å². The van der Waals surface area contributed by atoms with E-state index in [1.165, 1.54) is 4.90 Å². The van der Waals surface area contributed by atoms with E-state index in [-0.39, 0.29) is 36.1 Å². The number of nitrogens with zero attached hydrogens (tertiary/aromatic N) is 4. The molecule has 0 spiro atoms. The largest absolute Gasteiger partial charge is 0.379 e. The summed E-state index contributed by atoms with van der Waals surface area (Å²) in [4.78, 5) is 26.2. The molecular weight excluding hydrogens is 492 g/mol. The summed E-state index contributed by atoms with van der Waals surface area (Å²) in [5.41, 5.74) is 0.632. The van der Waals surface area contributed by atoms with Crippen LogP contribution >= 0.6 is 0 Å². The SMILES string of the molecule is CC(C)(C)CCOCCOCCOCCOCCOCCn1cc(CN2C(=O)CC(C(C)(C)C)C2=O)nn1. The van der Waals surface area contributed by atoms with Crippen molar-refractivity contribution >= 4 is 11.8 Å². The molecule has 1 aromatic heterocycles. The average molecular weight is 541 g/mol. The number of hydrogen-bond acceptors (Lipinski definition) is 9. The molecule has 0 aliphatic carbocycles. The van der Waals surface area contributed by atoms with E-state index in [0.29, 0.717) is 77.1 Å². The predicted octanol–water partition coefficient (Wildman–Crippen LogP) is 2.72. The van der Waals surface area contributed by atoms with Crippen LogP contribution in [0.2, 0.25) is 0 Å². The normalized spacial score (nSPS) is 16.7. The summed E-state index contributed by atoms with van der Waals surface area (Å²) in [6.45, 7) is 18.6. The van der Waals surface area contributed by atoms with Crippen molar-refractivity contribution in [2.24, 2.45) is 16.7 Å². The van der Waals surface area contributed by atoms with E-state index >= 15 is 0 Å². The fraction of sp³-hybridized carbons (Fsp3) is 0.852. The third-order valence-corrected chi connectivity index (χ3v) is 6.14. The predicted molar refractivity (Wildman–Crippen MR) is 141 cm³/mol. The summed E-state index contributed by atoms with van der Waals surface area (Å²) >= 11 is 0. The van der Waals surface area contributed by atoms with E-state index in [1.54, 1.807) is 10.9 Å². The quantitative estimate of drug-likeness (QED) is 0.193. The highest BCUT2D eigenvalue weighted by Gasteiger charge is 2.44. The highest BCUT2D eigenvalue weighted by molar-refractivity contribution is 6.03. The van der Waals surface area contributed by atoms with Crippen molar-refractivity contribution in [1.29, 1.82) is 0 Å². The zero-order valence-corrected chi connectivity index (χ0v) is 24.2. The number of ether oxygens (including phenoxy) is 5. The standard InChI is InChI=1S/C27H48N4O7/c1-26(2,3)7-9-34-11-13-36-15-17-38-18-16-37-14-12-35-10-8-30-20-22(28-29-30)21-31-24(32)19-23(25(31)33)27(4,5)6/h20,23H,7-19,21H2,1-6H3. The van der Waals surface area contributed by atoms with Gasteiger partial charge in [0.25, 0.3) is 0 Å². The first-order valence-corrected chi connectivity index (χ1v) is 13.6. The van der Waals surface area contributed by atoms with Gasteiger partial charge in [0, 0.05) is 13.0 Å². The van der Waals surface area contributed by atoms with Crippen LogP contribution in [0.25, 0.3) is 0 Å². The number of carbonyl (C=O) groups excluding carboxylic acids is 2. The topological polar surface area (TPSA) is 114 Å². The van der Waals surface area contributed by atoms with Gasteiger partial charge < -0.3 is 23.7 Å². The molecule has 1 atom stereocenters. The lowest BCUT2D eigenvalue weighted by atomic mass is 9.80. The van der Waals surface area contributed by atoms with Crippen LogP contribution in [-0.2, 0) is 46.4 Å². The zero-order chi connectivity index (χ0) is 28.0. The first-order chi connectivity index (χ1) is 18.0. The molecule has 0 aromatic carbocycles. The number of hydrogen-bond donors (Lipinski definition) is 0. The van der Waals surface area contributed by atoms with Gasteiger partial charge in [0.05, 0.1) is 84.7 Å². The third-order valence-electron chi connectivity index (χ3n) is 6.14. The second kappa shape index (κ2) is 16.2. The van der Waals surface area contributed by atoms with Crippen LogP contribution in [-0.4, -0.2) is 97.8 Å². The Labute approximate surface area is 227 Å². The van der Waals surface area contributed by atoms with Gasteiger partial charge in [0.1, 0.15) is 5.69 Å². The average Bonchev–Trinajstić information content (AvgIpc) is 3.39. The smallest absolute Gasteiger partial charge is 0.233 e. The van der Waals surface area contributed by atoms with E-state index in [1.807, 2.05) is 20.8 Å². The van der Waals surface area contributed by atoms with Crippen LogP contribution in [0.4, 0.5) is 0 Å². The van der Waals surface area contributed by atoms with Crippen molar-refractivity contribution in [1.82, 2.24) is 19.9 Å². The van der Waals surface area contributed by atoms with Crippen molar-refractivity contribution in [2.45, 2.75) is 67.5 Å². The zero-order valence-electron chi connectivity index (χ0n) is 24.2. The monoisotopic (exact) mass is 540 g/mol. The molecule has 0 N–H and O–H groups in total. The number of aromatic nitrogens is 3. The Balaban J connectivity index is 1.41. The van der Waals surface area contributed by atoms with Gasteiger partial charge in [-0.25, -0.2) is 4.68 Å². The van der Waals surface area contributed by atoms with Crippen molar-refractivity contribution in [3.63, 3.8) is 0 Å². The van der Waals surface area contributed by atoms with Crippen molar-refractivity contribution in [3.05, 3.63) is 11.9 Å². The van der Waals surface area contributed by atoms with Crippen molar-refractivity contribution < 1.29 is 33.3 Å². The van der Waals surface area contributed by atoms with Gasteiger partial charge >= 0.3 is 0 Å². The summed E-state index contributed by atoms with van der Waals surface area (Å²) in [7, 11) is 0. The molecule has 0 saturated carbocycles.